The molecule has 0 radical (unpaired) electrons. The van der Waals surface area contributed by atoms with Crippen molar-refractivity contribution in [1.82, 2.24) is 15.2 Å². The van der Waals surface area contributed by atoms with E-state index in [0.29, 0.717) is 6.42 Å². The van der Waals surface area contributed by atoms with Gasteiger partial charge in [0.25, 0.3) is 0 Å². The van der Waals surface area contributed by atoms with Crippen molar-refractivity contribution in [2.24, 2.45) is 0 Å². The summed E-state index contributed by atoms with van der Waals surface area (Å²) in [6.45, 7) is 0. The van der Waals surface area contributed by atoms with Crippen molar-refractivity contribution in [3.63, 3.8) is 0 Å². The third-order valence-electron chi connectivity index (χ3n) is 1.83. The smallest absolute Gasteiger partial charge is 0.239 e. The van der Waals surface area contributed by atoms with Crippen LogP contribution in [0.25, 0.3) is 0 Å². The first-order chi connectivity index (χ1) is 6.74. The topological polar surface area (TPSA) is 67.6 Å². The molecule has 0 saturated heterocycles. The second kappa shape index (κ2) is 3.67. The van der Waals surface area contributed by atoms with Crippen molar-refractivity contribution < 1.29 is 0 Å². The summed E-state index contributed by atoms with van der Waals surface area (Å²) in [5, 5.41) is 7.22. The number of nitrogen functional groups attached to an aromatic ring is 1. The number of nitrogens with zero attached hydrogens (tertiary/aromatic N) is 2. The minimum atomic E-state index is 0.272. The van der Waals surface area contributed by atoms with E-state index in [4.69, 9.17) is 17.3 Å². The van der Waals surface area contributed by atoms with Gasteiger partial charge in [0.2, 0.25) is 5.95 Å². The Bertz CT molecular complexity index is 421. The molecule has 0 aliphatic heterocycles. The van der Waals surface area contributed by atoms with Gasteiger partial charge in [-0.3, -0.25) is 5.10 Å². The van der Waals surface area contributed by atoms with Crippen LogP contribution in [-0.2, 0) is 6.42 Å². The average molecular weight is 209 g/mol. The Morgan fingerprint density at radius 2 is 2.00 bits per heavy atom. The number of halogens is 1. The molecular weight excluding hydrogens is 200 g/mol. The predicted molar refractivity (Wildman–Crippen MR) is 55.1 cm³/mol. The molecule has 0 spiro atoms. The average Bonchev–Trinajstić information content (AvgIpc) is 2.56. The van der Waals surface area contributed by atoms with Gasteiger partial charge < -0.3 is 5.73 Å². The molecule has 0 unspecified atom stereocenters. The molecule has 0 bridgehead atoms. The number of nitrogens with two attached hydrogens (primary N) is 1. The molecule has 0 saturated carbocycles. The SMILES string of the molecule is Nc1n[nH]c(Cc2ccc(Cl)cc2)n1. The highest BCUT2D eigenvalue weighted by Gasteiger charge is 2.00. The second-order valence-corrected chi connectivity index (χ2v) is 3.38. The highest BCUT2D eigenvalue weighted by atomic mass is 35.5. The minimum Gasteiger partial charge on any atom is -0.367 e. The minimum absolute atomic E-state index is 0.272. The molecule has 0 amide bonds. The van der Waals surface area contributed by atoms with Crippen LogP contribution in [0.15, 0.2) is 24.3 Å². The second-order valence-electron chi connectivity index (χ2n) is 2.94. The van der Waals surface area contributed by atoms with E-state index in [-0.39, 0.29) is 5.95 Å². The van der Waals surface area contributed by atoms with E-state index in [1.54, 1.807) is 0 Å². The van der Waals surface area contributed by atoms with Gasteiger partial charge in [-0.25, -0.2) is 0 Å². The van der Waals surface area contributed by atoms with E-state index in [1.165, 1.54) is 0 Å². The van der Waals surface area contributed by atoms with Gasteiger partial charge in [0.15, 0.2) is 0 Å². The van der Waals surface area contributed by atoms with Crippen LogP contribution in [0.4, 0.5) is 5.95 Å². The number of nitrogens with one attached hydrogen (secondary N) is 1. The summed E-state index contributed by atoms with van der Waals surface area (Å²) < 4.78 is 0. The molecule has 0 aliphatic carbocycles. The number of benzene rings is 1. The van der Waals surface area contributed by atoms with Gasteiger partial charge in [-0.1, -0.05) is 23.7 Å². The number of aromatic nitrogens is 3. The summed E-state index contributed by atoms with van der Waals surface area (Å²) in [6, 6.07) is 7.58. The maximum Gasteiger partial charge on any atom is 0.239 e. The third kappa shape index (κ3) is 2.03. The van der Waals surface area contributed by atoms with E-state index >= 15 is 0 Å². The third-order valence-corrected chi connectivity index (χ3v) is 2.09. The Kier molecular flexibility index (Phi) is 2.37. The van der Waals surface area contributed by atoms with Crippen LogP contribution in [0, 0.1) is 0 Å². The van der Waals surface area contributed by atoms with Gasteiger partial charge in [-0.05, 0) is 17.7 Å². The summed E-state index contributed by atoms with van der Waals surface area (Å²) in [6.07, 6.45) is 0.682. The lowest BCUT2D eigenvalue weighted by Gasteiger charge is -1.96. The van der Waals surface area contributed by atoms with E-state index in [9.17, 15) is 0 Å². The van der Waals surface area contributed by atoms with Gasteiger partial charge in [0.1, 0.15) is 5.82 Å². The van der Waals surface area contributed by atoms with Crippen molar-refractivity contribution >= 4 is 17.5 Å². The summed E-state index contributed by atoms with van der Waals surface area (Å²) >= 11 is 5.76. The lowest BCUT2D eigenvalue weighted by atomic mass is 10.1. The molecule has 3 N–H and O–H groups in total. The number of anilines is 1. The number of H-pyrrole nitrogens is 1. The number of aromatic amines is 1. The molecule has 4 nitrogen and oxygen atoms in total. The monoisotopic (exact) mass is 208 g/mol. The molecule has 0 aliphatic rings. The molecule has 5 heteroatoms. The van der Waals surface area contributed by atoms with Crippen LogP contribution in [-0.4, -0.2) is 15.2 Å². The Morgan fingerprint density at radius 3 is 2.57 bits per heavy atom. The van der Waals surface area contributed by atoms with Crippen LogP contribution < -0.4 is 5.73 Å². The summed E-state index contributed by atoms with van der Waals surface area (Å²) in [5.74, 6) is 1.03. The van der Waals surface area contributed by atoms with Crippen molar-refractivity contribution in [2.45, 2.75) is 6.42 Å². The standard InChI is InChI=1S/C9H9ClN4/c10-7-3-1-6(2-4-7)5-8-12-9(11)14-13-8/h1-4H,5H2,(H3,11,12,13,14). The van der Waals surface area contributed by atoms with Crippen LogP contribution in [0.5, 0.6) is 0 Å². The molecule has 1 aromatic heterocycles. The first kappa shape index (κ1) is 9.02. The maximum atomic E-state index is 5.76. The van der Waals surface area contributed by atoms with Crippen LogP contribution in [0.1, 0.15) is 11.4 Å². The molecule has 2 rings (SSSR count). The summed E-state index contributed by atoms with van der Waals surface area (Å²) in [7, 11) is 0. The lowest BCUT2D eigenvalue weighted by molar-refractivity contribution is 0.973. The van der Waals surface area contributed by atoms with Crippen molar-refractivity contribution in [3.8, 4) is 0 Å². The first-order valence-electron chi connectivity index (χ1n) is 4.15. The molecule has 72 valence electrons. The molecule has 1 heterocycles. The Morgan fingerprint density at radius 1 is 1.29 bits per heavy atom. The molecule has 0 atom stereocenters. The first-order valence-corrected chi connectivity index (χ1v) is 4.53. The fraction of sp³-hybridized carbons (Fsp3) is 0.111. The molecule has 14 heavy (non-hydrogen) atoms. The van der Waals surface area contributed by atoms with Gasteiger partial charge in [0, 0.05) is 11.4 Å². The zero-order valence-corrected chi connectivity index (χ0v) is 8.12. The lowest BCUT2D eigenvalue weighted by Crippen LogP contribution is -1.91. The zero-order chi connectivity index (χ0) is 9.97. The molecular formula is C9H9ClN4. The largest absolute Gasteiger partial charge is 0.367 e. The van der Waals surface area contributed by atoms with Crippen molar-refractivity contribution in [2.75, 3.05) is 5.73 Å². The maximum absolute atomic E-state index is 5.76. The summed E-state index contributed by atoms with van der Waals surface area (Å²) in [4.78, 5) is 4.01. The van der Waals surface area contributed by atoms with E-state index < -0.39 is 0 Å². The Labute approximate surface area is 86.1 Å². The number of hydrogen-bond acceptors (Lipinski definition) is 3. The molecule has 1 aromatic carbocycles. The van der Waals surface area contributed by atoms with Crippen LogP contribution in [0.2, 0.25) is 5.02 Å². The number of hydrogen-bond donors (Lipinski definition) is 2. The Hall–Kier alpha value is -1.55. The normalized spacial score (nSPS) is 10.4. The van der Waals surface area contributed by atoms with Gasteiger partial charge in [0.05, 0.1) is 0 Å². The summed E-state index contributed by atoms with van der Waals surface area (Å²) in [5.41, 5.74) is 6.50. The van der Waals surface area contributed by atoms with Gasteiger partial charge in [-0.2, -0.15) is 4.98 Å². The van der Waals surface area contributed by atoms with Crippen molar-refractivity contribution in [1.29, 1.82) is 0 Å². The van der Waals surface area contributed by atoms with E-state index in [1.807, 2.05) is 24.3 Å². The number of rotatable bonds is 2. The Balaban J connectivity index is 2.15. The van der Waals surface area contributed by atoms with E-state index in [2.05, 4.69) is 15.2 Å². The van der Waals surface area contributed by atoms with Gasteiger partial charge in [-0.15, -0.1) is 5.10 Å². The molecule has 2 aromatic rings. The fourth-order valence-corrected chi connectivity index (χ4v) is 1.31. The quantitative estimate of drug-likeness (QED) is 0.788. The van der Waals surface area contributed by atoms with Crippen LogP contribution >= 0.6 is 11.6 Å². The zero-order valence-electron chi connectivity index (χ0n) is 7.37. The van der Waals surface area contributed by atoms with Gasteiger partial charge >= 0.3 is 0 Å². The van der Waals surface area contributed by atoms with Crippen molar-refractivity contribution in [3.05, 3.63) is 40.7 Å². The molecule has 0 fully saturated rings. The van der Waals surface area contributed by atoms with E-state index in [0.717, 1.165) is 16.4 Å². The predicted octanol–water partition coefficient (Wildman–Crippen LogP) is 1.63. The fourth-order valence-electron chi connectivity index (χ4n) is 1.18. The van der Waals surface area contributed by atoms with Crippen LogP contribution in [0.3, 0.4) is 0 Å². The highest BCUT2D eigenvalue weighted by Crippen LogP contribution is 2.11. The highest BCUT2D eigenvalue weighted by molar-refractivity contribution is 6.30.